The number of carbonyl (C=O) groups is 2. The summed E-state index contributed by atoms with van der Waals surface area (Å²) in [6.07, 6.45) is 3.44. The van der Waals surface area contributed by atoms with Gasteiger partial charge in [-0.1, -0.05) is 26.7 Å². The first-order valence-electron chi connectivity index (χ1n) is 11.2. The van der Waals surface area contributed by atoms with Crippen molar-refractivity contribution in [2.45, 2.75) is 53.4 Å². The van der Waals surface area contributed by atoms with Crippen molar-refractivity contribution >= 4 is 34.3 Å². The summed E-state index contributed by atoms with van der Waals surface area (Å²) >= 11 is 0. The van der Waals surface area contributed by atoms with Crippen LogP contribution in [0.4, 0.5) is 11.4 Å². The van der Waals surface area contributed by atoms with Crippen LogP contribution in [-0.2, 0) is 0 Å². The van der Waals surface area contributed by atoms with Crippen LogP contribution >= 0.6 is 0 Å². The molecule has 9 nitrogen and oxygen atoms in total. The Morgan fingerprint density at radius 2 is 1.61 bits per heavy atom. The highest BCUT2D eigenvalue weighted by atomic mass is 16.3. The summed E-state index contributed by atoms with van der Waals surface area (Å²) in [5.41, 5.74) is 13.6. The number of benzene rings is 2. The van der Waals surface area contributed by atoms with Crippen molar-refractivity contribution in [3.8, 4) is 11.5 Å². The number of aryl methyl sites for hydroxylation is 1. The number of hydrogen-bond acceptors (Lipinski definition) is 7. The predicted molar refractivity (Wildman–Crippen MR) is 130 cm³/mol. The molecule has 0 aromatic heterocycles. The zero-order valence-corrected chi connectivity index (χ0v) is 19.6. The molecular weight excluding hydrogens is 422 g/mol. The zero-order valence-electron chi connectivity index (χ0n) is 19.6. The molecule has 0 saturated heterocycles. The van der Waals surface area contributed by atoms with Crippen LogP contribution in [0.15, 0.2) is 15.3 Å². The number of rotatable bonds is 8. The molecule has 2 amide bonds. The average Bonchev–Trinajstić information content (AvgIpc) is 2.79. The van der Waals surface area contributed by atoms with Gasteiger partial charge in [0.1, 0.15) is 11.2 Å². The van der Waals surface area contributed by atoms with Gasteiger partial charge in [-0.3, -0.25) is 14.4 Å². The van der Waals surface area contributed by atoms with Crippen LogP contribution in [-0.4, -0.2) is 29.9 Å². The van der Waals surface area contributed by atoms with Gasteiger partial charge < -0.3 is 26.5 Å². The predicted octanol–water partition coefficient (Wildman–Crippen LogP) is 3.13. The maximum absolute atomic E-state index is 13.0. The molecule has 1 aliphatic heterocycles. The number of amides is 2. The van der Waals surface area contributed by atoms with Crippen LogP contribution in [0.1, 0.15) is 71.4 Å². The molecule has 0 saturated carbocycles. The van der Waals surface area contributed by atoms with Gasteiger partial charge in [0.2, 0.25) is 5.43 Å². The highest BCUT2D eigenvalue weighted by Crippen LogP contribution is 2.35. The summed E-state index contributed by atoms with van der Waals surface area (Å²) in [6, 6.07) is 1.55. The summed E-state index contributed by atoms with van der Waals surface area (Å²) in [7, 11) is 0. The minimum atomic E-state index is -0.508. The van der Waals surface area contributed by atoms with E-state index in [9.17, 15) is 14.4 Å². The van der Waals surface area contributed by atoms with E-state index in [2.05, 4.69) is 15.6 Å². The van der Waals surface area contributed by atoms with E-state index in [-0.39, 0.29) is 50.8 Å². The first-order chi connectivity index (χ1) is 15.7. The second kappa shape index (κ2) is 9.89. The normalized spacial score (nSPS) is 11.2. The lowest BCUT2D eigenvalue weighted by Crippen LogP contribution is -2.30. The van der Waals surface area contributed by atoms with Crippen molar-refractivity contribution in [3.63, 3.8) is 0 Å². The molecule has 0 atom stereocenters. The number of aromatic nitrogens is 1. The summed E-state index contributed by atoms with van der Waals surface area (Å²) in [5, 5.41) is 5.64. The first-order valence-corrected chi connectivity index (χ1v) is 11.2. The standard InChI is InChI=1S/C24H31N5O4/c1-5-7-9-27-23(31)14-11-15(25)12(3)21-18(14)29-19-16(24(32)28-10-8-6-2)17(26)20(30)13(4)22(19)33-21/h11H,5-10,25-26H2,1-4H3,(H,27,31)(H,28,32). The van der Waals surface area contributed by atoms with Crippen molar-refractivity contribution < 1.29 is 14.0 Å². The lowest BCUT2D eigenvalue weighted by Gasteiger charge is -2.18. The number of anilines is 2. The van der Waals surface area contributed by atoms with E-state index >= 15 is 0 Å². The molecule has 1 aromatic carbocycles. The summed E-state index contributed by atoms with van der Waals surface area (Å²) in [5.74, 6) is -0.708. The third kappa shape index (κ3) is 4.48. The van der Waals surface area contributed by atoms with Crippen LogP contribution in [0.5, 0.6) is 0 Å². The molecule has 1 heterocycles. The van der Waals surface area contributed by atoms with Crippen molar-refractivity contribution in [3.05, 3.63) is 38.5 Å². The number of unbranched alkanes of at least 4 members (excludes halogenated alkanes) is 2. The fraction of sp³-hybridized carbons (Fsp3) is 0.417. The number of nitrogens with one attached hydrogen (secondary N) is 2. The van der Waals surface area contributed by atoms with Gasteiger partial charge in [0.25, 0.3) is 11.8 Å². The Hall–Kier alpha value is -3.62. The van der Waals surface area contributed by atoms with E-state index in [1.54, 1.807) is 19.9 Å². The lowest BCUT2D eigenvalue weighted by molar-refractivity contribution is 0.0946. The minimum Gasteiger partial charge on any atom is -0.452 e. The number of nitrogen functional groups attached to an aromatic ring is 2. The molecule has 3 rings (SSSR count). The van der Waals surface area contributed by atoms with Gasteiger partial charge in [-0.25, -0.2) is 4.98 Å². The van der Waals surface area contributed by atoms with Gasteiger partial charge in [0.15, 0.2) is 11.3 Å². The Bertz CT molecular complexity index is 1250. The van der Waals surface area contributed by atoms with Gasteiger partial charge in [-0.15, -0.1) is 0 Å². The van der Waals surface area contributed by atoms with Crippen LogP contribution in [0.25, 0.3) is 22.6 Å². The maximum atomic E-state index is 13.0. The second-order valence-electron chi connectivity index (χ2n) is 8.17. The fourth-order valence-electron chi connectivity index (χ4n) is 3.63. The van der Waals surface area contributed by atoms with E-state index in [4.69, 9.17) is 15.9 Å². The largest absolute Gasteiger partial charge is 0.452 e. The van der Waals surface area contributed by atoms with Gasteiger partial charge in [-0.2, -0.15) is 0 Å². The van der Waals surface area contributed by atoms with E-state index in [0.717, 1.165) is 25.7 Å². The summed E-state index contributed by atoms with van der Waals surface area (Å²) in [6.45, 7) is 8.29. The molecule has 6 N–H and O–H groups in total. The van der Waals surface area contributed by atoms with E-state index in [1.807, 2.05) is 13.8 Å². The van der Waals surface area contributed by atoms with Gasteiger partial charge in [-0.05, 0) is 32.8 Å². The molecule has 1 aromatic rings. The molecule has 33 heavy (non-hydrogen) atoms. The van der Waals surface area contributed by atoms with Crippen LogP contribution in [0, 0.1) is 13.8 Å². The zero-order chi connectivity index (χ0) is 24.3. The molecule has 0 radical (unpaired) electrons. The van der Waals surface area contributed by atoms with Crippen molar-refractivity contribution in [2.24, 2.45) is 0 Å². The Morgan fingerprint density at radius 1 is 1.00 bits per heavy atom. The third-order valence-electron chi connectivity index (χ3n) is 5.72. The Balaban J connectivity index is 2.31. The maximum Gasteiger partial charge on any atom is 0.255 e. The SMILES string of the molecule is CCCCNC(=O)c1c2nc3c(C(=O)NCCCC)cc(N)c(C)c3oc-2c(C)c(=O)c1N. The van der Waals surface area contributed by atoms with Crippen molar-refractivity contribution in [2.75, 3.05) is 24.6 Å². The second-order valence-corrected chi connectivity index (χ2v) is 8.17. The van der Waals surface area contributed by atoms with Gasteiger partial charge >= 0.3 is 0 Å². The highest BCUT2D eigenvalue weighted by Gasteiger charge is 2.29. The van der Waals surface area contributed by atoms with Crippen LogP contribution < -0.4 is 27.5 Å². The molecule has 0 fully saturated rings. The molecule has 176 valence electrons. The van der Waals surface area contributed by atoms with E-state index in [1.165, 1.54) is 0 Å². The first kappa shape index (κ1) is 24.0. The number of nitrogens with two attached hydrogens (primary N) is 2. The lowest BCUT2D eigenvalue weighted by atomic mass is 9.99. The van der Waals surface area contributed by atoms with Crippen molar-refractivity contribution in [1.29, 1.82) is 0 Å². The van der Waals surface area contributed by atoms with Crippen LogP contribution in [0.2, 0.25) is 0 Å². The van der Waals surface area contributed by atoms with Gasteiger partial charge in [0.05, 0.1) is 16.8 Å². The third-order valence-corrected chi connectivity index (χ3v) is 5.72. The average molecular weight is 454 g/mol. The van der Waals surface area contributed by atoms with E-state index < -0.39 is 11.3 Å². The topological polar surface area (TPSA) is 153 Å². The number of fused-ring (bicyclic) bond motifs is 2. The minimum absolute atomic E-state index is 0.0471. The monoisotopic (exact) mass is 453 g/mol. The number of carbonyl (C=O) groups excluding carboxylic acids is 2. The molecular formula is C24H31N5O4. The Kier molecular flexibility index (Phi) is 7.20. The Morgan fingerprint density at radius 3 is 2.21 bits per heavy atom. The van der Waals surface area contributed by atoms with Crippen LogP contribution in [0.3, 0.4) is 0 Å². The summed E-state index contributed by atoms with van der Waals surface area (Å²) < 4.78 is 6.10. The van der Waals surface area contributed by atoms with E-state index in [0.29, 0.717) is 24.3 Å². The van der Waals surface area contributed by atoms with Gasteiger partial charge in [0, 0.05) is 29.9 Å². The Labute approximate surface area is 192 Å². The fourth-order valence-corrected chi connectivity index (χ4v) is 3.63. The molecule has 0 spiro atoms. The molecule has 2 aliphatic rings. The number of nitrogens with zero attached hydrogens (tertiary/aromatic N) is 1. The molecule has 0 unspecified atom stereocenters. The molecule has 0 bridgehead atoms. The quantitative estimate of drug-likeness (QED) is 0.232. The highest BCUT2D eigenvalue weighted by molar-refractivity contribution is 6.09. The number of hydrogen-bond donors (Lipinski definition) is 4. The molecule has 1 aliphatic carbocycles. The summed E-state index contributed by atoms with van der Waals surface area (Å²) in [4.78, 5) is 43.3. The van der Waals surface area contributed by atoms with Crippen molar-refractivity contribution in [1.82, 2.24) is 15.6 Å². The smallest absolute Gasteiger partial charge is 0.255 e. The molecule has 9 heteroatoms.